The molecule has 90 valence electrons. The average molecular weight is 239 g/mol. The molecule has 0 amide bonds. The Morgan fingerprint density at radius 1 is 1.25 bits per heavy atom. The molecule has 2 N–H and O–H groups in total. The first-order valence-corrected chi connectivity index (χ1v) is 7.20. The van der Waals surface area contributed by atoms with Crippen molar-refractivity contribution in [3.63, 3.8) is 0 Å². The van der Waals surface area contributed by atoms with Crippen molar-refractivity contribution >= 4 is 10.8 Å². The van der Waals surface area contributed by atoms with Crippen molar-refractivity contribution in [3.8, 4) is 0 Å². The van der Waals surface area contributed by atoms with E-state index in [-0.39, 0.29) is 5.25 Å². The second-order valence-corrected chi connectivity index (χ2v) is 5.94. The van der Waals surface area contributed by atoms with Gasteiger partial charge in [-0.15, -0.1) is 0 Å². The Labute approximate surface area is 101 Å². The third-order valence-corrected chi connectivity index (χ3v) is 4.51. The van der Waals surface area contributed by atoms with Gasteiger partial charge >= 0.3 is 0 Å². The van der Waals surface area contributed by atoms with E-state index in [1.807, 2.05) is 6.92 Å². The lowest BCUT2D eigenvalue weighted by atomic mass is 10.1. The number of hydrogen-bond acceptors (Lipinski definition) is 2. The van der Waals surface area contributed by atoms with Gasteiger partial charge in [0, 0.05) is 21.8 Å². The second kappa shape index (κ2) is 6.81. The van der Waals surface area contributed by atoms with Gasteiger partial charge in [-0.3, -0.25) is 4.21 Å². The van der Waals surface area contributed by atoms with Crippen molar-refractivity contribution in [1.29, 1.82) is 0 Å². The van der Waals surface area contributed by atoms with E-state index >= 15 is 0 Å². The molecule has 0 radical (unpaired) electrons. The maximum Gasteiger partial charge on any atom is 0.0488 e. The minimum absolute atomic E-state index is 0.191. The lowest BCUT2D eigenvalue weighted by molar-refractivity contribution is 0.665. The first-order valence-electron chi connectivity index (χ1n) is 5.82. The molecule has 0 bridgehead atoms. The Balaban J connectivity index is 2.55. The Bertz CT molecular complexity index is 334. The molecule has 1 aromatic rings. The Morgan fingerprint density at radius 2 is 1.81 bits per heavy atom. The molecule has 0 aliphatic rings. The molecule has 0 fully saturated rings. The maximum atomic E-state index is 11.9. The first kappa shape index (κ1) is 13.4. The highest BCUT2D eigenvalue weighted by atomic mass is 32.2. The minimum Gasteiger partial charge on any atom is -0.330 e. The second-order valence-electron chi connectivity index (χ2n) is 4.08. The van der Waals surface area contributed by atoms with E-state index in [2.05, 4.69) is 31.2 Å². The molecule has 1 aromatic carbocycles. The van der Waals surface area contributed by atoms with E-state index in [0.717, 1.165) is 18.4 Å². The predicted molar refractivity (Wildman–Crippen MR) is 70.8 cm³/mol. The van der Waals surface area contributed by atoms with Crippen molar-refractivity contribution in [3.05, 3.63) is 35.4 Å². The fraction of sp³-hybridized carbons (Fsp3) is 0.538. The fourth-order valence-electron chi connectivity index (χ4n) is 1.54. The number of benzene rings is 1. The molecule has 0 spiro atoms. The zero-order valence-corrected chi connectivity index (χ0v) is 10.9. The molecule has 1 rings (SSSR count). The normalized spacial score (nSPS) is 14.7. The SMILES string of the molecule is CCc1ccc(CS(=O)C(C)CCN)cc1. The van der Waals surface area contributed by atoms with Crippen LogP contribution in [-0.4, -0.2) is 16.0 Å². The topological polar surface area (TPSA) is 43.1 Å². The number of hydrogen-bond donors (Lipinski definition) is 1. The molecular formula is C13H21NOS. The van der Waals surface area contributed by atoms with Crippen molar-refractivity contribution in [2.24, 2.45) is 5.73 Å². The Morgan fingerprint density at radius 3 is 2.31 bits per heavy atom. The van der Waals surface area contributed by atoms with E-state index < -0.39 is 10.8 Å². The number of nitrogens with two attached hydrogens (primary N) is 1. The van der Waals surface area contributed by atoms with Gasteiger partial charge in [-0.2, -0.15) is 0 Å². The van der Waals surface area contributed by atoms with Crippen molar-refractivity contribution < 1.29 is 4.21 Å². The molecule has 0 aromatic heterocycles. The summed E-state index contributed by atoms with van der Waals surface area (Å²) in [6.07, 6.45) is 1.88. The Kier molecular flexibility index (Phi) is 5.71. The molecule has 0 saturated heterocycles. The van der Waals surface area contributed by atoms with E-state index in [1.54, 1.807) is 0 Å². The van der Waals surface area contributed by atoms with Crippen LogP contribution in [0.4, 0.5) is 0 Å². The maximum absolute atomic E-state index is 11.9. The molecule has 0 aliphatic carbocycles. The third kappa shape index (κ3) is 4.06. The van der Waals surface area contributed by atoms with Crippen molar-refractivity contribution in [2.45, 2.75) is 37.7 Å². The van der Waals surface area contributed by atoms with Gasteiger partial charge in [0.2, 0.25) is 0 Å². The minimum atomic E-state index is -0.804. The molecule has 2 unspecified atom stereocenters. The van der Waals surface area contributed by atoms with Gasteiger partial charge in [0.1, 0.15) is 0 Å². The van der Waals surface area contributed by atoms with Crippen LogP contribution in [0.15, 0.2) is 24.3 Å². The Hall–Kier alpha value is -0.670. The predicted octanol–water partition coefficient (Wildman–Crippen LogP) is 2.24. The largest absolute Gasteiger partial charge is 0.330 e. The van der Waals surface area contributed by atoms with Crippen LogP contribution in [0.2, 0.25) is 0 Å². The fourth-order valence-corrected chi connectivity index (χ4v) is 2.75. The highest BCUT2D eigenvalue weighted by molar-refractivity contribution is 7.84. The summed E-state index contributed by atoms with van der Waals surface area (Å²) >= 11 is 0. The van der Waals surface area contributed by atoms with Crippen LogP contribution in [0.25, 0.3) is 0 Å². The van der Waals surface area contributed by atoms with Crippen LogP contribution in [0.1, 0.15) is 31.4 Å². The molecule has 16 heavy (non-hydrogen) atoms. The summed E-state index contributed by atoms with van der Waals surface area (Å²) in [7, 11) is -0.804. The highest BCUT2D eigenvalue weighted by Crippen LogP contribution is 2.11. The van der Waals surface area contributed by atoms with Gasteiger partial charge in [-0.25, -0.2) is 0 Å². The summed E-state index contributed by atoms with van der Waals surface area (Å²) in [5, 5.41) is 0.191. The van der Waals surface area contributed by atoms with E-state index in [1.165, 1.54) is 5.56 Å². The number of aryl methyl sites for hydroxylation is 1. The van der Waals surface area contributed by atoms with Gasteiger partial charge in [0.25, 0.3) is 0 Å². The smallest absolute Gasteiger partial charge is 0.0488 e. The molecular weight excluding hydrogens is 218 g/mol. The molecule has 0 saturated carbocycles. The molecule has 2 atom stereocenters. The van der Waals surface area contributed by atoms with Crippen LogP contribution in [-0.2, 0) is 23.0 Å². The standard InChI is InChI=1S/C13H21NOS/c1-3-12-4-6-13(7-5-12)10-16(15)11(2)8-9-14/h4-7,11H,3,8-10,14H2,1-2H3. The van der Waals surface area contributed by atoms with Gasteiger partial charge in [0.05, 0.1) is 0 Å². The summed E-state index contributed by atoms with van der Waals surface area (Å²) in [6, 6.07) is 8.37. The van der Waals surface area contributed by atoms with Gasteiger partial charge in [-0.1, -0.05) is 38.1 Å². The van der Waals surface area contributed by atoms with Crippen LogP contribution in [0.3, 0.4) is 0 Å². The van der Waals surface area contributed by atoms with Crippen LogP contribution < -0.4 is 5.73 Å². The van der Waals surface area contributed by atoms with Gasteiger partial charge < -0.3 is 5.73 Å². The zero-order valence-electron chi connectivity index (χ0n) is 10.1. The summed E-state index contributed by atoms with van der Waals surface area (Å²) in [5.41, 5.74) is 7.94. The van der Waals surface area contributed by atoms with Crippen LogP contribution in [0, 0.1) is 0 Å². The van der Waals surface area contributed by atoms with Gasteiger partial charge in [-0.05, 0) is 30.5 Å². The van der Waals surface area contributed by atoms with E-state index in [9.17, 15) is 4.21 Å². The zero-order chi connectivity index (χ0) is 12.0. The molecule has 3 heteroatoms. The van der Waals surface area contributed by atoms with E-state index in [0.29, 0.717) is 12.3 Å². The summed E-state index contributed by atoms with van der Waals surface area (Å²) in [5.74, 6) is 0.644. The van der Waals surface area contributed by atoms with E-state index in [4.69, 9.17) is 5.73 Å². The van der Waals surface area contributed by atoms with Gasteiger partial charge in [0.15, 0.2) is 0 Å². The quantitative estimate of drug-likeness (QED) is 0.827. The lowest BCUT2D eigenvalue weighted by Gasteiger charge is -2.10. The molecule has 2 nitrogen and oxygen atoms in total. The van der Waals surface area contributed by atoms with Crippen LogP contribution in [0.5, 0.6) is 0 Å². The van der Waals surface area contributed by atoms with Crippen molar-refractivity contribution in [1.82, 2.24) is 0 Å². The summed E-state index contributed by atoms with van der Waals surface area (Å²) < 4.78 is 11.9. The monoisotopic (exact) mass is 239 g/mol. The molecule has 0 heterocycles. The summed E-state index contributed by atoms with van der Waals surface area (Å²) in [4.78, 5) is 0. The number of rotatable bonds is 6. The lowest BCUT2D eigenvalue weighted by Crippen LogP contribution is -2.17. The summed E-state index contributed by atoms with van der Waals surface area (Å²) in [6.45, 7) is 4.75. The molecule has 0 aliphatic heterocycles. The highest BCUT2D eigenvalue weighted by Gasteiger charge is 2.10. The first-order chi connectivity index (χ1) is 7.67. The van der Waals surface area contributed by atoms with Crippen molar-refractivity contribution in [2.75, 3.05) is 6.54 Å². The third-order valence-electron chi connectivity index (χ3n) is 2.76. The van der Waals surface area contributed by atoms with Crippen LogP contribution >= 0.6 is 0 Å². The average Bonchev–Trinajstić information content (AvgIpc) is 2.30.